The first-order valence-corrected chi connectivity index (χ1v) is 8.41. The lowest BCUT2D eigenvalue weighted by Crippen LogP contribution is -2.51. The number of benzene rings is 1. The first-order valence-electron chi connectivity index (χ1n) is 8.41. The minimum absolute atomic E-state index is 0.0903. The average molecular weight is 340 g/mol. The fourth-order valence-electron chi connectivity index (χ4n) is 3.37. The molecule has 1 aromatic heterocycles. The van der Waals surface area contributed by atoms with Crippen molar-refractivity contribution in [2.45, 2.75) is 19.1 Å². The zero-order valence-corrected chi connectivity index (χ0v) is 14.0. The van der Waals surface area contributed by atoms with Gasteiger partial charge in [-0.1, -0.05) is 35.6 Å². The third-order valence-electron chi connectivity index (χ3n) is 4.51. The molecule has 7 nitrogen and oxygen atoms in total. The van der Waals surface area contributed by atoms with Crippen molar-refractivity contribution in [3.8, 4) is 0 Å². The van der Waals surface area contributed by atoms with Crippen LogP contribution in [0.3, 0.4) is 0 Å². The Hall–Kier alpha value is -2.51. The predicted molar refractivity (Wildman–Crippen MR) is 92.4 cm³/mol. The first-order chi connectivity index (χ1) is 12.2. The number of ether oxygens (including phenoxy) is 1. The molecule has 2 aliphatic rings. The largest absolute Gasteiger partial charge is 0.428 e. The zero-order valence-electron chi connectivity index (χ0n) is 14.0. The molecule has 4 rings (SSSR count). The van der Waals surface area contributed by atoms with Gasteiger partial charge in [-0.3, -0.25) is 4.90 Å². The van der Waals surface area contributed by atoms with E-state index in [1.807, 2.05) is 29.3 Å². The van der Waals surface area contributed by atoms with E-state index < -0.39 is 0 Å². The van der Waals surface area contributed by atoms with Crippen molar-refractivity contribution in [2.24, 2.45) is 10.3 Å². The van der Waals surface area contributed by atoms with Gasteiger partial charge in [0.05, 0.1) is 18.9 Å². The lowest BCUT2D eigenvalue weighted by molar-refractivity contribution is 0.0140. The molecule has 1 aromatic carbocycles. The van der Waals surface area contributed by atoms with Crippen molar-refractivity contribution in [3.05, 3.63) is 64.2 Å². The Morgan fingerprint density at radius 3 is 2.60 bits per heavy atom. The van der Waals surface area contributed by atoms with Crippen LogP contribution >= 0.6 is 0 Å². The van der Waals surface area contributed by atoms with E-state index in [1.165, 1.54) is 6.07 Å². The normalized spacial score (nSPS) is 24.0. The van der Waals surface area contributed by atoms with Gasteiger partial charge in [-0.05, 0) is 12.5 Å². The third-order valence-corrected chi connectivity index (χ3v) is 4.51. The Labute approximate surface area is 145 Å². The van der Waals surface area contributed by atoms with Gasteiger partial charge >= 0.3 is 5.63 Å². The van der Waals surface area contributed by atoms with E-state index in [0.717, 1.165) is 18.7 Å². The monoisotopic (exact) mass is 340 g/mol. The van der Waals surface area contributed by atoms with Crippen molar-refractivity contribution in [2.75, 3.05) is 31.3 Å². The molecule has 1 saturated heterocycles. The number of aryl methyl sites for hydroxylation is 1. The molecule has 130 valence electrons. The summed E-state index contributed by atoms with van der Waals surface area (Å²) in [6.45, 7) is 4.73. The van der Waals surface area contributed by atoms with Crippen LogP contribution in [0.2, 0.25) is 0 Å². The summed E-state index contributed by atoms with van der Waals surface area (Å²) in [5.74, 6) is 0.557. The SMILES string of the molecule is Cc1cc(N2N=N[C@@H](c3ccccc3)[C@@H]2N2CCOCC2)cc(=O)o1. The van der Waals surface area contributed by atoms with Gasteiger partial charge in [0.2, 0.25) is 0 Å². The fourth-order valence-corrected chi connectivity index (χ4v) is 3.37. The molecule has 3 heterocycles. The van der Waals surface area contributed by atoms with Gasteiger partial charge < -0.3 is 9.15 Å². The van der Waals surface area contributed by atoms with E-state index in [9.17, 15) is 4.79 Å². The summed E-state index contributed by atoms with van der Waals surface area (Å²) < 4.78 is 10.6. The molecule has 2 atom stereocenters. The van der Waals surface area contributed by atoms with Gasteiger partial charge in [-0.15, -0.1) is 0 Å². The minimum atomic E-state index is -0.380. The standard InChI is InChI=1S/C18H20N4O3/c1-13-11-15(12-16(23)25-13)22-18(21-7-9-24-10-8-21)17(19-20-22)14-5-3-2-4-6-14/h2-6,11-12,17-18H,7-10H2,1H3/t17-,18+/m0/s1. The quantitative estimate of drug-likeness (QED) is 0.859. The molecule has 7 heteroatoms. The van der Waals surface area contributed by atoms with Crippen molar-refractivity contribution in [1.29, 1.82) is 0 Å². The molecule has 0 spiro atoms. The Balaban J connectivity index is 1.72. The lowest BCUT2D eigenvalue weighted by Gasteiger charge is -2.38. The second kappa shape index (κ2) is 6.78. The highest BCUT2D eigenvalue weighted by Crippen LogP contribution is 2.36. The molecule has 0 bridgehead atoms. The van der Waals surface area contributed by atoms with Crippen LogP contribution in [0.1, 0.15) is 17.4 Å². The van der Waals surface area contributed by atoms with Gasteiger partial charge in [0, 0.05) is 25.2 Å². The van der Waals surface area contributed by atoms with Crippen LogP contribution in [0, 0.1) is 6.92 Å². The summed E-state index contributed by atoms with van der Waals surface area (Å²) in [5.41, 5.74) is 1.42. The number of morpholine rings is 1. The summed E-state index contributed by atoms with van der Waals surface area (Å²) in [6, 6.07) is 13.3. The highest BCUT2D eigenvalue weighted by Gasteiger charge is 2.40. The van der Waals surface area contributed by atoms with Crippen LogP contribution in [0.5, 0.6) is 0 Å². The van der Waals surface area contributed by atoms with Crippen LogP contribution in [-0.2, 0) is 4.74 Å². The van der Waals surface area contributed by atoms with E-state index in [1.54, 1.807) is 6.92 Å². The topological polar surface area (TPSA) is 70.6 Å². The van der Waals surface area contributed by atoms with Crippen molar-refractivity contribution in [1.82, 2.24) is 4.90 Å². The molecule has 2 aromatic rings. The highest BCUT2D eigenvalue weighted by atomic mass is 16.5. The molecular weight excluding hydrogens is 320 g/mol. The second-order valence-corrected chi connectivity index (χ2v) is 6.21. The summed E-state index contributed by atoms with van der Waals surface area (Å²) in [4.78, 5) is 14.1. The third kappa shape index (κ3) is 3.20. The molecule has 0 saturated carbocycles. The minimum Gasteiger partial charge on any atom is -0.428 e. The summed E-state index contributed by atoms with van der Waals surface area (Å²) in [5, 5.41) is 10.7. The number of hydrogen-bond donors (Lipinski definition) is 0. The van der Waals surface area contributed by atoms with Gasteiger partial charge in [0.15, 0.2) is 0 Å². The maximum atomic E-state index is 11.8. The van der Waals surface area contributed by atoms with Crippen LogP contribution in [0.4, 0.5) is 5.69 Å². The maximum Gasteiger partial charge on any atom is 0.337 e. The molecule has 0 radical (unpaired) electrons. The number of hydrogen-bond acceptors (Lipinski definition) is 7. The maximum absolute atomic E-state index is 11.8. The van der Waals surface area contributed by atoms with E-state index in [0.29, 0.717) is 24.7 Å². The molecule has 0 amide bonds. The summed E-state index contributed by atoms with van der Waals surface area (Å²) in [7, 11) is 0. The number of anilines is 1. The Morgan fingerprint density at radius 2 is 1.88 bits per heavy atom. The van der Waals surface area contributed by atoms with E-state index >= 15 is 0 Å². The number of rotatable bonds is 3. The van der Waals surface area contributed by atoms with Crippen LogP contribution in [0.25, 0.3) is 0 Å². The van der Waals surface area contributed by atoms with Gasteiger partial charge in [-0.2, -0.15) is 5.11 Å². The second-order valence-electron chi connectivity index (χ2n) is 6.21. The first kappa shape index (κ1) is 16.0. The van der Waals surface area contributed by atoms with Crippen LogP contribution < -0.4 is 10.6 Å². The molecule has 25 heavy (non-hydrogen) atoms. The summed E-state index contributed by atoms with van der Waals surface area (Å²) >= 11 is 0. The van der Waals surface area contributed by atoms with E-state index in [-0.39, 0.29) is 17.8 Å². The Morgan fingerprint density at radius 1 is 1.12 bits per heavy atom. The Bertz CT molecular complexity index is 815. The molecule has 2 aliphatic heterocycles. The van der Waals surface area contributed by atoms with Crippen molar-refractivity contribution in [3.63, 3.8) is 0 Å². The highest BCUT2D eigenvalue weighted by molar-refractivity contribution is 5.47. The fraction of sp³-hybridized carbons (Fsp3) is 0.389. The Kier molecular flexibility index (Phi) is 4.33. The van der Waals surface area contributed by atoms with Gasteiger partial charge in [0.25, 0.3) is 0 Å². The average Bonchev–Trinajstić information content (AvgIpc) is 3.07. The van der Waals surface area contributed by atoms with E-state index in [4.69, 9.17) is 9.15 Å². The molecule has 1 fully saturated rings. The van der Waals surface area contributed by atoms with Crippen LogP contribution in [0.15, 0.2) is 62.0 Å². The van der Waals surface area contributed by atoms with Crippen molar-refractivity contribution >= 4 is 5.69 Å². The molecule has 0 unspecified atom stereocenters. The van der Waals surface area contributed by atoms with E-state index in [2.05, 4.69) is 27.4 Å². The van der Waals surface area contributed by atoms with Crippen molar-refractivity contribution < 1.29 is 9.15 Å². The molecule has 0 N–H and O–H groups in total. The smallest absolute Gasteiger partial charge is 0.337 e. The van der Waals surface area contributed by atoms with Gasteiger partial charge in [0.1, 0.15) is 18.0 Å². The van der Waals surface area contributed by atoms with Gasteiger partial charge in [-0.25, -0.2) is 9.80 Å². The molecular formula is C18H20N4O3. The molecule has 0 aliphatic carbocycles. The van der Waals surface area contributed by atoms with Crippen LogP contribution in [-0.4, -0.2) is 37.4 Å². The summed E-state index contributed by atoms with van der Waals surface area (Å²) in [6.07, 6.45) is -0.0903. The lowest BCUT2D eigenvalue weighted by atomic mass is 10.0. The number of nitrogens with zero attached hydrogens (tertiary/aromatic N) is 4. The predicted octanol–water partition coefficient (Wildman–Crippen LogP) is 2.54. The zero-order chi connectivity index (χ0) is 17.2.